The first kappa shape index (κ1) is 15.6. The summed E-state index contributed by atoms with van der Waals surface area (Å²) in [6.45, 7) is 2.01. The molecule has 3 nitrogen and oxygen atoms in total. The summed E-state index contributed by atoms with van der Waals surface area (Å²) in [7, 11) is 0. The third-order valence-electron chi connectivity index (χ3n) is 3.82. The van der Waals surface area contributed by atoms with Crippen LogP contribution in [0.4, 0.5) is 13.2 Å². The molecule has 0 saturated heterocycles. The van der Waals surface area contributed by atoms with Crippen LogP contribution in [-0.2, 0) is 0 Å². The van der Waals surface area contributed by atoms with E-state index in [0.29, 0.717) is 24.6 Å². The number of halogens is 4. The van der Waals surface area contributed by atoms with Crippen LogP contribution < -0.4 is 0 Å². The van der Waals surface area contributed by atoms with Gasteiger partial charge in [-0.3, -0.25) is 0 Å². The molecule has 1 heterocycles. The third-order valence-corrected chi connectivity index (χ3v) is 4.23. The van der Waals surface area contributed by atoms with Crippen molar-refractivity contribution in [2.45, 2.75) is 62.9 Å². The Kier molecular flexibility index (Phi) is 4.94. The lowest BCUT2D eigenvalue weighted by atomic mass is 9.81. The average molecular weight is 311 g/mol. The number of aromatic nitrogens is 2. The van der Waals surface area contributed by atoms with Crippen LogP contribution in [0.15, 0.2) is 4.52 Å². The van der Waals surface area contributed by atoms with Gasteiger partial charge in [0.05, 0.1) is 11.3 Å². The molecule has 0 aromatic carbocycles. The summed E-state index contributed by atoms with van der Waals surface area (Å²) in [6, 6.07) is 0. The van der Waals surface area contributed by atoms with E-state index in [1.54, 1.807) is 0 Å². The van der Waals surface area contributed by atoms with Gasteiger partial charge in [-0.05, 0) is 32.1 Å². The zero-order valence-electron chi connectivity index (χ0n) is 11.3. The zero-order chi connectivity index (χ0) is 14.8. The molecule has 1 atom stereocenters. The van der Waals surface area contributed by atoms with Crippen molar-refractivity contribution in [1.29, 1.82) is 0 Å². The third kappa shape index (κ3) is 3.65. The van der Waals surface area contributed by atoms with Crippen molar-refractivity contribution in [1.82, 2.24) is 10.1 Å². The van der Waals surface area contributed by atoms with Crippen molar-refractivity contribution >= 4 is 11.6 Å². The Balaban J connectivity index is 1.94. The van der Waals surface area contributed by atoms with Crippen LogP contribution in [0.2, 0.25) is 0 Å². The molecule has 1 aromatic rings. The van der Waals surface area contributed by atoms with Crippen molar-refractivity contribution in [2.75, 3.05) is 0 Å². The molecule has 1 saturated carbocycles. The van der Waals surface area contributed by atoms with Gasteiger partial charge < -0.3 is 4.52 Å². The van der Waals surface area contributed by atoms with Crippen LogP contribution >= 0.6 is 11.6 Å². The molecule has 7 heteroatoms. The number of alkyl halides is 4. The summed E-state index contributed by atoms with van der Waals surface area (Å²) < 4.78 is 43.0. The molecule has 0 amide bonds. The fraction of sp³-hybridized carbons (Fsp3) is 0.846. The maximum Gasteiger partial charge on any atom is 0.391 e. The summed E-state index contributed by atoms with van der Waals surface area (Å²) in [4.78, 5) is 4.25. The summed E-state index contributed by atoms with van der Waals surface area (Å²) in [5, 5.41) is 3.55. The minimum absolute atomic E-state index is 0.0691. The van der Waals surface area contributed by atoms with E-state index in [4.69, 9.17) is 16.1 Å². The maximum absolute atomic E-state index is 12.6. The molecule has 114 valence electrons. The Labute approximate surface area is 120 Å². The predicted molar refractivity (Wildman–Crippen MR) is 68.6 cm³/mol. The number of nitrogens with zero attached hydrogens (tertiary/aromatic N) is 2. The first-order valence-corrected chi connectivity index (χ1v) is 7.39. The monoisotopic (exact) mass is 310 g/mol. The Morgan fingerprint density at radius 2 is 1.95 bits per heavy atom. The normalized spacial score (nSPS) is 25.6. The average Bonchev–Trinajstić information content (AvgIpc) is 2.88. The van der Waals surface area contributed by atoms with Crippen LogP contribution in [-0.4, -0.2) is 16.3 Å². The molecule has 1 aliphatic rings. The van der Waals surface area contributed by atoms with E-state index < -0.39 is 12.1 Å². The van der Waals surface area contributed by atoms with Crippen LogP contribution in [0.25, 0.3) is 0 Å². The second-order valence-corrected chi connectivity index (χ2v) is 5.86. The first-order chi connectivity index (χ1) is 9.41. The maximum atomic E-state index is 12.6. The van der Waals surface area contributed by atoms with Gasteiger partial charge in [-0.1, -0.05) is 18.5 Å². The molecule has 1 aliphatic carbocycles. The van der Waals surface area contributed by atoms with Crippen molar-refractivity contribution < 1.29 is 17.7 Å². The summed E-state index contributed by atoms with van der Waals surface area (Å²) in [5.74, 6) is -0.383. The standard InChI is InChI=1S/C13H18ClF3N2O/c1-2-3-10(14)11-18-12(20-19-11)8-4-6-9(7-5-8)13(15,16)17/h8-10H,2-7H2,1H3. The van der Waals surface area contributed by atoms with Gasteiger partial charge in [-0.15, -0.1) is 11.6 Å². The van der Waals surface area contributed by atoms with Crippen LogP contribution in [0.1, 0.15) is 68.5 Å². The van der Waals surface area contributed by atoms with Crippen molar-refractivity contribution in [2.24, 2.45) is 5.92 Å². The van der Waals surface area contributed by atoms with E-state index in [2.05, 4.69) is 10.1 Å². The summed E-state index contributed by atoms with van der Waals surface area (Å²) in [6.07, 6.45) is -1.29. The molecular weight excluding hydrogens is 293 g/mol. The summed E-state index contributed by atoms with van der Waals surface area (Å²) in [5.41, 5.74) is 0. The second-order valence-electron chi connectivity index (χ2n) is 5.34. The molecule has 0 N–H and O–H groups in total. The lowest BCUT2D eigenvalue weighted by molar-refractivity contribution is -0.182. The summed E-state index contributed by atoms with van der Waals surface area (Å²) >= 11 is 6.11. The zero-order valence-corrected chi connectivity index (χ0v) is 12.0. The van der Waals surface area contributed by atoms with Gasteiger partial charge >= 0.3 is 6.18 Å². The molecular formula is C13H18ClF3N2O. The Morgan fingerprint density at radius 3 is 2.50 bits per heavy atom. The molecule has 2 rings (SSSR count). The van der Waals surface area contributed by atoms with Crippen molar-refractivity contribution in [3.05, 3.63) is 11.7 Å². The van der Waals surface area contributed by atoms with E-state index in [-0.39, 0.29) is 24.1 Å². The molecule has 0 radical (unpaired) electrons. The highest BCUT2D eigenvalue weighted by Crippen LogP contribution is 2.42. The van der Waals surface area contributed by atoms with Crippen LogP contribution in [0, 0.1) is 5.92 Å². The highest BCUT2D eigenvalue weighted by atomic mass is 35.5. The van der Waals surface area contributed by atoms with Crippen LogP contribution in [0.5, 0.6) is 0 Å². The lowest BCUT2D eigenvalue weighted by Crippen LogP contribution is -2.27. The number of rotatable bonds is 4. The van der Waals surface area contributed by atoms with Gasteiger partial charge in [0.25, 0.3) is 0 Å². The Bertz CT molecular complexity index is 427. The topological polar surface area (TPSA) is 38.9 Å². The fourth-order valence-electron chi connectivity index (χ4n) is 2.59. The van der Waals surface area contributed by atoms with Crippen LogP contribution in [0.3, 0.4) is 0 Å². The largest absolute Gasteiger partial charge is 0.391 e. The predicted octanol–water partition coefficient (Wildman–Crippen LogP) is 4.99. The number of hydrogen-bond acceptors (Lipinski definition) is 3. The SMILES string of the molecule is CCCC(Cl)c1noc(C2CCC(C(F)(F)F)CC2)n1. The molecule has 1 unspecified atom stereocenters. The number of hydrogen-bond donors (Lipinski definition) is 0. The van der Waals surface area contributed by atoms with Gasteiger partial charge in [0.2, 0.25) is 5.89 Å². The van der Waals surface area contributed by atoms with E-state index in [1.165, 1.54) is 0 Å². The molecule has 0 bridgehead atoms. The fourth-order valence-corrected chi connectivity index (χ4v) is 2.90. The Hall–Kier alpha value is -0.780. The quantitative estimate of drug-likeness (QED) is 0.736. The molecule has 1 fully saturated rings. The van der Waals surface area contributed by atoms with E-state index >= 15 is 0 Å². The van der Waals surface area contributed by atoms with Gasteiger partial charge in [0, 0.05) is 5.92 Å². The lowest BCUT2D eigenvalue weighted by Gasteiger charge is -2.27. The van der Waals surface area contributed by atoms with E-state index in [0.717, 1.165) is 12.8 Å². The van der Waals surface area contributed by atoms with Crippen molar-refractivity contribution in [3.8, 4) is 0 Å². The first-order valence-electron chi connectivity index (χ1n) is 6.96. The van der Waals surface area contributed by atoms with E-state index in [1.807, 2.05) is 6.92 Å². The minimum Gasteiger partial charge on any atom is -0.339 e. The van der Waals surface area contributed by atoms with Gasteiger partial charge in [0.1, 0.15) is 0 Å². The van der Waals surface area contributed by atoms with Gasteiger partial charge in [-0.25, -0.2) is 0 Å². The van der Waals surface area contributed by atoms with Crippen molar-refractivity contribution in [3.63, 3.8) is 0 Å². The highest BCUT2D eigenvalue weighted by Gasteiger charge is 2.42. The van der Waals surface area contributed by atoms with Gasteiger partial charge in [0.15, 0.2) is 5.82 Å². The molecule has 0 aliphatic heterocycles. The Morgan fingerprint density at radius 1 is 1.30 bits per heavy atom. The van der Waals surface area contributed by atoms with Gasteiger partial charge in [-0.2, -0.15) is 18.2 Å². The minimum atomic E-state index is -4.09. The molecule has 1 aromatic heterocycles. The second kappa shape index (κ2) is 6.33. The molecule has 20 heavy (non-hydrogen) atoms. The van der Waals surface area contributed by atoms with E-state index in [9.17, 15) is 13.2 Å². The smallest absolute Gasteiger partial charge is 0.339 e. The highest BCUT2D eigenvalue weighted by molar-refractivity contribution is 6.20. The molecule has 0 spiro atoms.